The summed E-state index contributed by atoms with van der Waals surface area (Å²) >= 11 is 6.16. The van der Waals surface area contributed by atoms with Gasteiger partial charge in [-0.25, -0.2) is 0 Å². The highest BCUT2D eigenvalue weighted by Gasteiger charge is 2.16. The average Bonchev–Trinajstić information content (AvgIpc) is 2.39. The highest BCUT2D eigenvalue weighted by atomic mass is 35.5. The van der Waals surface area contributed by atoms with Gasteiger partial charge in [0, 0.05) is 20.3 Å². The Kier molecular flexibility index (Phi) is 5.11. The third kappa shape index (κ3) is 3.51. The quantitative estimate of drug-likeness (QED) is 0.806. The van der Waals surface area contributed by atoms with Gasteiger partial charge in [-0.3, -0.25) is 0 Å². The maximum Gasteiger partial charge on any atom is 0.179 e. The van der Waals surface area contributed by atoms with E-state index in [0.717, 1.165) is 37.4 Å². The van der Waals surface area contributed by atoms with Crippen LogP contribution in [0.2, 0.25) is 5.02 Å². The molecule has 18 heavy (non-hydrogen) atoms. The molecule has 0 saturated heterocycles. The Labute approximate surface area is 112 Å². The Morgan fingerprint density at radius 2 is 2.17 bits per heavy atom. The molecule has 0 amide bonds. The first-order valence-corrected chi connectivity index (χ1v) is 6.46. The van der Waals surface area contributed by atoms with Crippen molar-refractivity contribution in [3.05, 3.63) is 22.7 Å². The second-order valence-electron chi connectivity index (χ2n) is 4.12. The van der Waals surface area contributed by atoms with Gasteiger partial charge < -0.3 is 19.5 Å². The van der Waals surface area contributed by atoms with E-state index in [1.165, 1.54) is 0 Å². The normalized spacial score (nSPS) is 13.7. The van der Waals surface area contributed by atoms with Crippen molar-refractivity contribution in [2.75, 3.05) is 33.5 Å². The Hall–Kier alpha value is -0.970. The molecule has 1 aromatic carbocycles. The van der Waals surface area contributed by atoms with E-state index in [1.807, 2.05) is 12.1 Å². The summed E-state index contributed by atoms with van der Waals surface area (Å²) in [6.45, 7) is 3.59. The van der Waals surface area contributed by atoms with E-state index < -0.39 is 0 Å². The molecular formula is C13H18ClNO3. The van der Waals surface area contributed by atoms with E-state index in [9.17, 15) is 0 Å². The Morgan fingerprint density at radius 3 is 3.00 bits per heavy atom. The fourth-order valence-electron chi connectivity index (χ4n) is 1.84. The lowest BCUT2D eigenvalue weighted by Gasteiger charge is -2.20. The van der Waals surface area contributed by atoms with Crippen LogP contribution >= 0.6 is 11.6 Å². The smallest absolute Gasteiger partial charge is 0.179 e. The van der Waals surface area contributed by atoms with Gasteiger partial charge in [-0.15, -0.1) is 0 Å². The molecule has 1 aromatic rings. The van der Waals surface area contributed by atoms with Crippen LogP contribution in [-0.2, 0) is 11.3 Å². The van der Waals surface area contributed by atoms with Gasteiger partial charge in [0.25, 0.3) is 0 Å². The molecule has 4 nitrogen and oxygen atoms in total. The third-order valence-electron chi connectivity index (χ3n) is 2.69. The van der Waals surface area contributed by atoms with Crippen molar-refractivity contribution in [3.63, 3.8) is 0 Å². The fraction of sp³-hybridized carbons (Fsp3) is 0.538. The van der Waals surface area contributed by atoms with Crippen molar-refractivity contribution in [3.8, 4) is 11.5 Å². The van der Waals surface area contributed by atoms with Crippen molar-refractivity contribution in [1.29, 1.82) is 0 Å². The second-order valence-corrected chi connectivity index (χ2v) is 4.53. The number of rotatable bonds is 6. The number of benzene rings is 1. The maximum absolute atomic E-state index is 6.16. The Balaban J connectivity index is 1.91. The predicted octanol–water partition coefficient (Wildman–Crippen LogP) is 2.24. The molecule has 2 rings (SSSR count). The molecule has 0 atom stereocenters. The Morgan fingerprint density at radius 1 is 1.33 bits per heavy atom. The number of methoxy groups -OCH3 is 1. The van der Waals surface area contributed by atoms with Crippen LogP contribution < -0.4 is 14.8 Å². The lowest BCUT2D eigenvalue weighted by Crippen LogP contribution is -2.18. The van der Waals surface area contributed by atoms with Crippen molar-refractivity contribution in [1.82, 2.24) is 5.32 Å². The van der Waals surface area contributed by atoms with Crippen LogP contribution in [-0.4, -0.2) is 33.5 Å². The zero-order valence-electron chi connectivity index (χ0n) is 10.5. The van der Waals surface area contributed by atoms with Gasteiger partial charge in [0.05, 0.1) is 5.02 Å². The molecule has 0 unspecified atom stereocenters. The molecule has 0 fully saturated rings. The first kappa shape index (κ1) is 13.5. The largest absolute Gasteiger partial charge is 0.486 e. The molecule has 1 N–H and O–H groups in total. The van der Waals surface area contributed by atoms with Crippen LogP contribution in [0.3, 0.4) is 0 Å². The van der Waals surface area contributed by atoms with Gasteiger partial charge in [-0.05, 0) is 30.7 Å². The highest BCUT2D eigenvalue weighted by Crippen LogP contribution is 2.38. The van der Waals surface area contributed by atoms with Crippen LogP contribution in [0.15, 0.2) is 12.1 Å². The van der Waals surface area contributed by atoms with Crippen molar-refractivity contribution in [2.24, 2.45) is 0 Å². The molecule has 1 aliphatic rings. The lowest BCUT2D eigenvalue weighted by molar-refractivity contribution is 0.171. The summed E-state index contributed by atoms with van der Waals surface area (Å²) in [6.07, 6.45) is 0.995. The molecule has 5 heteroatoms. The van der Waals surface area contributed by atoms with Gasteiger partial charge in [-0.2, -0.15) is 0 Å². The molecule has 0 aliphatic carbocycles. The molecule has 0 aromatic heterocycles. The molecule has 0 spiro atoms. The minimum absolute atomic E-state index is 0.557. The molecule has 100 valence electrons. The van der Waals surface area contributed by atoms with Crippen LogP contribution in [0, 0.1) is 0 Å². The van der Waals surface area contributed by atoms with E-state index in [4.69, 9.17) is 25.8 Å². The number of hydrogen-bond acceptors (Lipinski definition) is 4. The van der Waals surface area contributed by atoms with Crippen molar-refractivity contribution >= 4 is 11.6 Å². The summed E-state index contributed by atoms with van der Waals surface area (Å²) in [4.78, 5) is 0. The monoisotopic (exact) mass is 271 g/mol. The van der Waals surface area contributed by atoms with Gasteiger partial charge in [0.2, 0.25) is 0 Å². The van der Waals surface area contributed by atoms with Gasteiger partial charge in [0.15, 0.2) is 11.5 Å². The summed E-state index contributed by atoms with van der Waals surface area (Å²) in [5, 5.41) is 3.95. The minimum Gasteiger partial charge on any atom is -0.486 e. The van der Waals surface area contributed by atoms with Crippen molar-refractivity contribution in [2.45, 2.75) is 13.0 Å². The third-order valence-corrected chi connectivity index (χ3v) is 2.97. The topological polar surface area (TPSA) is 39.7 Å². The minimum atomic E-state index is 0.557. The number of hydrogen-bond donors (Lipinski definition) is 1. The van der Waals surface area contributed by atoms with Crippen LogP contribution in [0.1, 0.15) is 12.0 Å². The first-order chi connectivity index (χ1) is 8.81. The van der Waals surface area contributed by atoms with Crippen LogP contribution in [0.4, 0.5) is 0 Å². The van der Waals surface area contributed by atoms with Crippen LogP contribution in [0.5, 0.6) is 11.5 Å². The average molecular weight is 272 g/mol. The fourth-order valence-corrected chi connectivity index (χ4v) is 2.13. The number of halogens is 1. The van der Waals surface area contributed by atoms with E-state index in [0.29, 0.717) is 24.0 Å². The van der Waals surface area contributed by atoms with Gasteiger partial charge >= 0.3 is 0 Å². The highest BCUT2D eigenvalue weighted by molar-refractivity contribution is 6.32. The molecular weight excluding hydrogens is 254 g/mol. The SMILES string of the molecule is COCCCNCc1cc(Cl)c2c(c1)OCCO2. The van der Waals surface area contributed by atoms with Crippen LogP contribution in [0.25, 0.3) is 0 Å². The van der Waals surface area contributed by atoms with Gasteiger partial charge in [0.1, 0.15) is 13.2 Å². The summed E-state index contributed by atoms with van der Waals surface area (Å²) in [5.74, 6) is 1.40. The van der Waals surface area contributed by atoms with E-state index in [1.54, 1.807) is 7.11 Å². The molecule has 0 bridgehead atoms. The standard InChI is InChI=1S/C13H18ClNO3/c1-16-4-2-3-15-9-10-7-11(14)13-12(8-10)17-5-6-18-13/h7-8,15H,2-6,9H2,1H3. The predicted molar refractivity (Wildman–Crippen MR) is 70.6 cm³/mol. The molecule has 0 radical (unpaired) electrons. The summed E-state index contributed by atoms with van der Waals surface area (Å²) in [5.41, 5.74) is 1.10. The number of ether oxygens (including phenoxy) is 3. The Bertz CT molecular complexity index is 398. The summed E-state index contributed by atoms with van der Waals surface area (Å²) < 4.78 is 16.0. The molecule has 1 heterocycles. The van der Waals surface area contributed by atoms with E-state index >= 15 is 0 Å². The summed E-state index contributed by atoms with van der Waals surface area (Å²) in [6, 6.07) is 3.89. The number of nitrogens with one attached hydrogen (secondary N) is 1. The van der Waals surface area contributed by atoms with E-state index in [2.05, 4.69) is 5.32 Å². The maximum atomic E-state index is 6.16. The van der Waals surface area contributed by atoms with Crippen molar-refractivity contribution < 1.29 is 14.2 Å². The first-order valence-electron chi connectivity index (χ1n) is 6.09. The molecule has 0 saturated carbocycles. The zero-order valence-corrected chi connectivity index (χ0v) is 11.3. The van der Waals surface area contributed by atoms with Gasteiger partial charge in [-0.1, -0.05) is 11.6 Å². The molecule has 1 aliphatic heterocycles. The number of fused-ring (bicyclic) bond motifs is 1. The lowest BCUT2D eigenvalue weighted by atomic mass is 10.2. The second kappa shape index (κ2) is 6.83. The summed E-state index contributed by atoms with van der Waals surface area (Å²) in [7, 11) is 1.71. The zero-order chi connectivity index (χ0) is 12.8. The van der Waals surface area contributed by atoms with E-state index in [-0.39, 0.29) is 0 Å².